The van der Waals surface area contributed by atoms with Gasteiger partial charge in [0, 0.05) is 16.8 Å². The molecule has 7 heteroatoms. The Morgan fingerprint density at radius 1 is 1.57 bits per heavy atom. The van der Waals surface area contributed by atoms with Gasteiger partial charge in [0.05, 0.1) is 0 Å². The lowest BCUT2D eigenvalue weighted by Crippen LogP contribution is -1.74. The van der Waals surface area contributed by atoms with Crippen LogP contribution >= 0.6 is 46.2 Å². The lowest BCUT2D eigenvalue weighted by atomic mass is 10.6. The number of nitrogens with zero attached hydrogens (tertiary/aromatic N) is 3. The summed E-state index contributed by atoms with van der Waals surface area (Å²) >= 11 is 10.3. The van der Waals surface area contributed by atoms with Crippen LogP contribution in [0.4, 0.5) is 0 Å². The molecule has 2 aromatic heterocycles. The Balaban J connectivity index is 1.94. The average Bonchev–Trinajstić information content (AvgIpc) is 2.72. The minimum atomic E-state index is 0.592. The number of thioether (sulfide) groups is 1. The molecule has 2 heterocycles. The number of hydrogen-bond acceptors (Lipinski definition) is 6. The quantitative estimate of drug-likeness (QED) is 0.797. The molecule has 0 saturated carbocycles. The van der Waals surface area contributed by atoms with Crippen LogP contribution in [0.1, 0.15) is 10.7 Å². The van der Waals surface area contributed by atoms with Crippen molar-refractivity contribution in [2.24, 2.45) is 0 Å². The molecule has 0 saturated heterocycles. The average molecular weight is 264 g/mol. The fraction of sp³-hybridized carbons (Fsp3) is 0.286. The normalized spacial score (nSPS) is 10.7. The van der Waals surface area contributed by atoms with Crippen LogP contribution in [0, 0.1) is 6.92 Å². The van der Waals surface area contributed by atoms with Crippen LogP contribution in [-0.4, -0.2) is 14.3 Å². The summed E-state index contributed by atoms with van der Waals surface area (Å²) in [5.74, 6) is 1.69. The Labute approximate surface area is 98.7 Å². The van der Waals surface area contributed by atoms with Crippen molar-refractivity contribution >= 4 is 46.2 Å². The zero-order chi connectivity index (χ0) is 9.97. The molecule has 0 bridgehead atoms. The number of rotatable bonds is 3. The maximum atomic E-state index is 5.72. The minimum Gasteiger partial charge on any atom is -0.233 e. The molecule has 0 spiro atoms. The maximum absolute atomic E-state index is 5.72. The van der Waals surface area contributed by atoms with E-state index < -0.39 is 0 Å². The smallest absolute Gasteiger partial charge is 0.183 e. The first kappa shape index (κ1) is 10.4. The summed E-state index contributed by atoms with van der Waals surface area (Å²) in [7, 11) is 0. The van der Waals surface area contributed by atoms with Gasteiger partial charge in [-0.1, -0.05) is 23.4 Å². The van der Waals surface area contributed by atoms with Gasteiger partial charge in [0.25, 0.3) is 0 Å². The first-order valence-corrected chi connectivity index (χ1v) is 6.73. The molecule has 14 heavy (non-hydrogen) atoms. The van der Waals surface area contributed by atoms with E-state index >= 15 is 0 Å². The van der Waals surface area contributed by atoms with Crippen molar-refractivity contribution in [3.8, 4) is 0 Å². The molecule has 0 aliphatic rings. The van der Waals surface area contributed by atoms with E-state index in [1.54, 1.807) is 18.0 Å². The van der Waals surface area contributed by atoms with Crippen LogP contribution in [0.5, 0.6) is 0 Å². The molecular formula is C7H6ClN3S3. The molecule has 74 valence electrons. The Bertz CT molecular complexity index is 385. The molecule has 0 fully saturated rings. The van der Waals surface area contributed by atoms with E-state index in [-0.39, 0.29) is 0 Å². The molecule has 0 N–H and O–H groups in total. The maximum Gasteiger partial charge on any atom is 0.183 e. The van der Waals surface area contributed by atoms with E-state index in [0.717, 1.165) is 20.8 Å². The molecule has 0 amide bonds. The highest BCUT2D eigenvalue weighted by Crippen LogP contribution is 2.27. The summed E-state index contributed by atoms with van der Waals surface area (Å²) in [4.78, 5) is 9.39. The summed E-state index contributed by atoms with van der Waals surface area (Å²) in [6, 6.07) is 0. The lowest BCUT2D eigenvalue weighted by molar-refractivity contribution is 1.10. The summed E-state index contributed by atoms with van der Waals surface area (Å²) < 4.78 is 5.69. The van der Waals surface area contributed by atoms with Crippen LogP contribution in [-0.2, 0) is 5.75 Å². The van der Waals surface area contributed by atoms with Gasteiger partial charge in [-0.2, -0.15) is 4.37 Å². The van der Waals surface area contributed by atoms with Gasteiger partial charge in [-0.3, -0.25) is 0 Å². The molecule has 0 aliphatic carbocycles. The predicted octanol–water partition coefficient (Wildman–Crippen LogP) is 3.25. The molecule has 0 atom stereocenters. The van der Waals surface area contributed by atoms with E-state index in [1.807, 2.05) is 6.92 Å². The Hall–Kier alpha value is -0.170. The van der Waals surface area contributed by atoms with Crippen molar-refractivity contribution < 1.29 is 0 Å². The van der Waals surface area contributed by atoms with Crippen LogP contribution in [0.25, 0.3) is 0 Å². The summed E-state index contributed by atoms with van der Waals surface area (Å²) in [5, 5.41) is 0. The largest absolute Gasteiger partial charge is 0.233 e. The van der Waals surface area contributed by atoms with Gasteiger partial charge in [-0.25, -0.2) is 9.97 Å². The van der Waals surface area contributed by atoms with Crippen LogP contribution in [0.3, 0.4) is 0 Å². The van der Waals surface area contributed by atoms with E-state index in [9.17, 15) is 0 Å². The molecule has 0 aromatic carbocycles. The third-order valence-corrected chi connectivity index (χ3v) is 4.64. The van der Waals surface area contributed by atoms with E-state index in [1.165, 1.54) is 22.9 Å². The number of hydrogen-bond donors (Lipinski definition) is 0. The van der Waals surface area contributed by atoms with Gasteiger partial charge in [0.1, 0.15) is 5.82 Å². The SMILES string of the molecule is Cc1nsc(SCc2cnc(Cl)s2)n1. The Kier molecular flexibility index (Phi) is 3.38. The standard InChI is InChI=1S/C7H6ClN3S3/c1-4-10-7(14-11-4)12-3-5-2-9-6(8)13-5/h2H,3H2,1H3. The zero-order valence-electron chi connectivity index (χ0n) is 7.23. The second-order valence-electron chi connectivity index (χ2n) is 2.48. The highest BCUT2D eigenvalue weighted by Gasteiger charge is 2.04. The molecule has 2 aromatic rings. The number of aryl methyl sites for hydroxylation is 1. The van der Waals surface area contributed by atoms with Crippen LogP contribution < -0.4 is 0 Å². The Morgan fingerprint density at radius 2 is 2.43 bits per heavy atom. The highest BCUT2D eigenvalue weighted by molar-refractivity contribution is 8.00. The number of thiazole rings is 1. The zero-order valence-corrected chi connectivity index (χ0v) is 10.4. The van der Waals surface area contributed by atoms with Crippen LogP contribution in [0.15, 0.2) is 10.5 Å². The number of aromatic nitrogens is 3. The molecule has 0 radical (unpaired) electrons. The van der Waals surface area contributed by atoms with E-state index in [2.05, 4.69) is 14.3 Å². The van der Waals surface area contributed by atoms with Crippen LogP contribution in [0.2, 0.25) is 4.47 Å². The van der Waals surface area contributed by atoms with Gasteiger partial charge < -0.3 is 0 Å². The third-order valence-electron chi connectivity index (χ3n) is 1.37. The molecule has 0 aliphatic heterocycles. The first-order valence-electron chi connectivity index (χ1n) is 3.77. The van der Waals surface area contributed by atoms with Crippen molar-refractivity contribution in [2.75, 3.05) is 0 Å². The van der Waals surface area contributed by atoms with Crippen molar-refractivity contribution in [3.63, 3.8) is 0 Å². The molecule has 3 nitrogen and oxygen atoms in total. The summed E-state index contributed by atoms with van der Waals surface area (Å²) in [5.41, 5.74) is 0. The second kappa shape index (κ2) is 4.57. The van der Waals surface area contributed by atoms with Crippen molar-refractivity contribution in [1.82, 2.24) is 14.3 Å². The van der Waals surface area contributed by atoms with Gasteiger partial charge >= 0.3 is 0 Å². The van der Waals surface area contributed by atoms with Gasteiger partial charge in [-0.15, -0.1) is 11.3 Å². The van der Waals surface area contributed by atoms with Gasteiger partial charge in [-0.05, 0) is 18.5 Å². The monoisotopic (exact) mass is 263 g/mol. The minimum absolute atomic E-state index is 0.592. The topological polar surface area (TPSA) is 38.7 Å². The van der Waals surface area contributed by atoms with Crippen molar-refractivity contribution in [2.45, 2.75) is 17.0 Å². The summed E-state index contributed by atoms with van der Waals surface area (Å²) in [6.45, 7) is 1.89. The predicted molar refractivity (Wildman–Crippen MR) is 61.3 cm³/mol. The van der Waals surface area contributed by atoms with Crippen molar-refractivity contribution in [3.05, 3.63) is 21.4 Å². The van der Waals surface area contributed by atoms with Crippen molar-refractivity contribution in [1.29, 1.82) is 0 Å². The molecule has 2 rings (SSSR count). The number of halogens is 1. The van der Waals surface area contributed by atoms with E-state index in [4.69, 9.17) is 11.6 Å². The van der Waals surface area contributed by atoms with Gasteiger partial charge in [0.15, 0.2) is 8.81 Å². The lowest BCUT2D eigenvalue weighted by Gasteiger charge is -1.90. The Morgan fingerprint density at radius 3 is 3.00 bits per heavy atom. The third kappa shape index (κ3) is 2.66. The van der Waals surface area contributed by atoms with E-state index in [0.29, 0.717) is 4.47 Å². The fourth-order valence-corrected chi connectivity index (χ4v) is 3.47. The molecular weight excluding hydrogens is 258 g/mol. The first-order chi connectivity index (χ1) is 6.74. The van der Waals surface area contributed by atoms with Gasteiger partial charge in [0.2, 0.25) is 0 Å². The fourth-order valence-electron chi connectivity index (χ4n) is 0.820. The molecule has 0 unspecified atom stereocenters. The highest BCUT2D eigenvalue weighted by atomic mass is 35.5. The summed E-state index contributed by atoms with van der Waals surface area (Å²) in [6.07, 6.45) is 1.80. The second-order valence-corrected chi connectivity index (χ2v) is 6.15.